The van der Waals surface area contributed by atoms with Crippen molar-refractivity contribution in [2.24, 2.45) is 4.99 Å². The number of ether oxygens (including phenoxy) is 2. The van der Waals surface area contributed by atoms with Crippen molar-refractivity contribution in [3.63, 3.8) is 0 Å². The molecular weight excluding hydrogens is 395 g/mol. The van der Waals surface area contributed by atoms with E-state index in [1.165, 1.54) is 0 Å². The van der Waals surface area contributed by atoms with Crippen molar-refractivity contribution in [3.05, 3.63) is 23.9 Å². The lowest BCUT2D eigenvalue weighted by Gasteiger charge is -2.12. The molecule has 1 aromatic rings. The highest BCUT2D eigenvalue weighted by Gasteiger charge is 2.00. The predicted molar refractivity (Wildman–Crippen MR) is 100 cm³/mol. The van der Waals surface area contributed by atoms with Gasteiger partial charge in [0.25, 0.3) is 0 Å². The van der Waals surface area contributed by atoms with E-state index in [-0.39, 0.29) is 24.0 Å². The first-order chi connectivity index (χ1) is 10.3. The summed E-state index contributed by atoms with van der Waals surface area (Å²) in [6.07, 6.45) is 2.79. The van der Waals surface area contributed by atoms with Crippen LogP contribution >= 0.6 is 24.0 Å². The average Bonchev–Trinajstić information content (AvgIpc) is 2.53. The van der Waals surface area contributed by atoms with Crippen LogP contribution in [0.25, 0.3) is 0 Å². The first-order valence-electron chi connectivity index (χ1n) is 7.40. The van der Waals surface area contributed by atoms with Gasteiger partial charge in [0.1, 0.15) is 0 Å². The molecule has 0 fully saturated rings. The zero-order chi connectivity index (χ0) is 15.3. The van der Waals surface area contributed by atoms with Gasteiger partial charge in [-0.2, -0.15) is 0 Å². The molecule has 6 nitrogen and oxygen atoms in total. The summed E-state index contributed by atoms with van der Waals surface area (Å²) in [6, 6.07) is 3.89. The van der Waals surface area contributed by atoms with Gasteiger partial charge in [0.2, 0.25) is 5.88 Å². The molecule has 0 spiro atoms. The first kappa shape index (κ1) is 20.9. The molecule has 0 radical (unpaired) electrons. The molecule has 1 heterocycles. The number of aromatic nitrogens is 1. The number of guanidine groups is 1. The largest absolute Gasteiger partial charge is 0.478 e. The number of pyridine rings is 1. The fourth-order valence-electron chi connectivity index (χ4n) is 1.60. The molecule has 1 aromatic heterocycles. The van der Waals surface area contributed by atoms with Crippen LogP contribution in [-0.2, 0) is 11.3 Å². The minimum atomic E-state index is 0. The fourth-order valence-corrected chi connectivity index (χ4v) is 1.60. The van der Waals surface area contributed by atoms with Crippen LogP contribution in [-0.4, -0.2) is 44.4 Å². The molecule has 1 rings (SSSR count). The summed E-state index contributed by atoms with van der Waals surface area (Å²) in [5.74, 6) is 1.42. The van der Waals surface area contributed by atoms with Crippen LogP contribution in [0.2, 0.25) is 0 Å². The molecule has 0 aromatic carbocycles. The summed E-state index contributed by atoms with van der Waals surface area (Å²) in [5, 5.41) is 6.41. The highest BCUT2D eigenvalue weighted by atomic mass is 127. The van der Waals surface area contributed by atoms with Crippen molar-refractivity contribution in [1.82, 2.24) is 15.6 Å². The Balaban J connectivity index is 0.00000441. The van der Waals surface area contributed by atoms with E-state index in [0.29, 0.717) is 25.6 Å². The Labute approximate surface area is 150 Å². The molecule has 0 atom stereocenters. The van der Waals surface area contributed by atoms with Crippen molar-refractivity contribution in [2.45, 2.75) is 26.8 Å². The quantitative estimate of drug-likeness (QED) is 0.277. The fraction of sp³-hybridized carbons (Fsp3) is 0.600. The molecule has 0 aliphatic carbocycles. The predicted octanol–water partition coefficient (Wildman–Crippen LogP) is 2.19. The SMILES string of the molecule is CCCOc1ccc(CNC(=NC)NCCOCC)cn1.I. The lowest BCUT2D eigenvalue weighted by atomic mass is 10.3. The van der Waals surface area contributed by atoms with Gasteiger partial charge in [0.05, 0.1) is 13.2 Å². The number of hydrogen-bond donors (Lipinski definition) is 2. The van der Waals surface area contributed by atoms with E-state index in [0.717, 1.165) is 31.1 Å². The van der Waals surface area contributed by atoms with Crippen molar-refractivity contribution < 1.29 is 9.47 Å². The zero-order valence-corrected chi connectivity index (χ0v) is 15.9. The highest BCUT2D eigenvalue weighted by Crippen LogP contribution is 2.07. The number of aliphatic imine (C=N–C) groups is 1. The van der Waals surface area contributed by atoms with Crippen LogP contribution in [0, 0.1) is 0 Å². The van der Waals surface area contributed by atoms with Crippen LogP contribution < -0.4 is 15.4 Å². The molecule has 0 saturated carbocycles. The molecule has 0 saturated heterocycles. The summed E-state index contributed by atoms with van der Waals surface area (Å²) < 4.78 is 10.7. The second-order valence-electron chi connectivity index (χ2n) is 4.40. The zero-order valence-electron chi connectivity index (χ0n) is 13.6. The normalized spacial score (nSPS) is 10.8. The topological polar surface area (TPSA) is 67.8 Å². The summed E-state index contributed by atoms with van der Waals surface area (Å²) in [7, 11) is 1.75. The van der Waals surface area contributed by atoms with Gasteiger partial charge in [-0.05, 0) is 18.9 Å². The Morgan fingerprint density at radius 1 is 1.23 bits per heavy atom. The third-order valence-electron chi connectivity index (χ3n) is 2.68. The number of hydrogen-bond acceptors (Lipinski definition) is 4. The second-order valence-corrected chi connectivity index (χ2v) is 4.40. The van der Waals surface area contributed by atoms with Gasteiger partial charge in [-0.25, -0.2) is 4.98 Å². The molecule has 0 aliphatic heterocycles. The van der Waals surface area contributed by atoms with E-state index in [1.54, 1.807) is 7.05 Å². The standard InChI is InChI=1S/C15H26N4O2.HI/c1-4-9-21-14-7-6-13(11-18-14)12-19-15(16-3)17-8-10-20-5-2;/h6-7,11H,4-5,8-10,12H2,1-3H3,(H2,16,17,19);1H. The van der Waals surface area contributed by atoms with Gasteiger partial charge in [-0.3, -0.25) is 4.99 Å². The van der Waals surface area contributed by atoms with Crippen molar-refractivity contribution >= 4 is 29.9 Å². The van der Waals surface area contributed by atoms with Crippen LogP contribution in [0.15, 0.2) is 23.3 Å². The Morgan fingerprint density at radius 2 is 2.05 bits per heavy atom. The van der Waals surface area contributed by atoms with Crippen LogP contribution in [0.4, 0.5) is 0 Å². The maximum absolute atomic E-state index is 5.45. The van der Waals surface area contributed by atoms with Gasteiger partial charge in [-0.15, -0.1) is 24.0 Å². The Kier molecular flexibility index (Phi) is 12.9. The maximum Gasteiger partial charge on any atom is 0.213 e. The molecule has 0 amide bonds. The average molecular weight is 422 g/mol. The minimum absolute atomic E-state index is 0. The Hall–Kier alpha value is -1.09. The van der Waals surface area contributed by atoms with Crippen molar-refractivity contribution in [1.29, 1.82) is 0 Å². The smallest absolute Gasteiger partial charge is 0.213 e. The Morgan fingerprint density at radius 3 is 2.64 bits per heavy atom. The third-order valence-corrected chi connectivity index (χ3v) is 2.68. The van der Waals surface area contributed by atoms with Crippen LogP contribution in [0.3, 0.4) is 0 Å². The minimum Gasteiger partial charge on any atom is -0.478 e. The molecule has 0 aliphatic rings. The molecule has 7 heteroatoms. The van der Waals surface area contributed by atoms with Crippen molar-refractivity contribution in [3.8, 4) is 5.88 Å². The lowest BCUT2D eigenvalue weighted by molar-refractivity contribution is 0.152. The molecule has 0 bridgehead atoms. The van der Waals surface area contributed by atoms with Crippen LogP contribution in [0.5, 0.6) is 5.88 Å². The molecule has 0 unspecified atom stereocenters. The monoisotopic (exact) mass is 422 g/mol. The van der Waals surface area contributed by atoms with Gasteiger partial charge in [0, 0.05) is 39.0 Å². The van der Waals surface area contributed by atoms with Gasteiger partial charge >= 0.3 is 0 Å². The third kappa shape index (κ3) is 9.04. The molecular formula is C15H27IN4O2. The second kappa shape index (κ2) is 13.6. The van der Waals surface area contributed by atoms with Gasteiger partial charge < -0.3 is 20.1 Å². The van der Waals surface area contributed by atoms with E-state index in [9.17, 15) is 0 Å². The first-order valence-corrected chi connectivity index (χ1v) is 7.40. The van der Waals surface area contributed by atoms with E-state index in [4.69, 9.17) is 9.47 Å². The molecule has 2 N–H and O–H groups in total. The van der Waals surface area contributed by atoms with Gasteiger partial charge in [0.15, 0.2) is 5.96 Å². The molecule has 22 heavy (non-hydrogen) atoms. The van der Waals surface area contributed by atoms with Crippen molar-refractivity contribution in [2.75, 3.05) is 33.4 Å². The molecule has 126 valence electrons. The number of rotatable bonds is 9. The maximum atomic E-state index is 5.45. The number of halogens is 1. The summed E-state index contributed by atoms with van der Waals surface area (Å²) >= 11 is 0. The van der Waals surface area contributed by atoms with E-state index >= 15 is 0 Å². The highest BCUT2D eigenvalue weighted by molar-refractivity contribution is 14.0. The lowest BCUT2D eigenvalue weighted by Crippen LogP contribution is -2.38. The van der Waals surface area contributed by atoms with E-state index in [2.05, 4.69) is 27.5 Å². The summed E-state index contributed by atoms with van der Waals surface area (Å²) in [5.41, 5.74) is 1.08. The number of nitrogens with zero attached hydrogens (tertiary/aromatic N) is 2. The van der Waals surface area contributed by atoms with E-state index in [1.807, 2.05) is 25.3 Å². The van der Waals surface area contributed by atoms with E-state index < -0.39 is 0 Å². The number of nitrogens with one attached hydrogen (secondary N) is 2. The van der Waals surface area contributed by atoms with Crippen LogP contribution in [0.1, 0.15) is 25.8 Å². The van der Waals surface area contributed by atoms with Gasteiger partial charge in [-0.1, -0.05) is 13.0 Å². The Bertz CT molecular complexity index is 413. The summed E-state index contributed by atoms with van der Waals surface area (Å²) in [6.45, 7) is 7.54. The summed E-state index contributed by atoms with van der Waals surface area (Å²) in [4.78, 5) is 8.42.